The first-order valence-electron chi connectivity index (χ1n) is 4.69. The molecule has 0 atom stereocenters. The summed E-state index contributed by atoms with van der Waals surface area (Å²) in [6.07, 6.45) is -7.67. The van der Waals surface area contributed by atoms with E-state index >= 15 is 0 Å². The molecule has 0 amide bonds. The van der Waals surface area contributed by atoms with Gasteiger partial charge in [0.1, 0.15) is 0 Å². The van der Waals surface area contributed by atoms with Gasteiger partial charge in [-0.25, -0.2) is 0 Å². The molecule has 0 radical (unpaired) electrons. The van der Waals surface area contributed by atoms with E-state index in [1.54, 1.807) is 0 Å². The van der Waals surface area contributed by atoms with Gasteiger partial charge in [-0.2, -0.15) is 39.5 Å². The zero-order valence-corrected chi connectivity index (χ0v) is 12.0. The Morgan fingerprint density at radius 1 is 0.850 bits per heavy atom. The number of aliphatic hydroxyl groups is 1. The second-order valence-corrected chi connectivity index (χ2v) is 5.48. The second-order valence-electron chi connectivity index (χ2n) is 4.32. The van der Waals surface area contributed by atoms with Crippen LogP contribution < -0.4 is 0 Å². The normalized spacial score (nSPS) is 16.6. The summed E-state index contributed by atoms with van der Waals surface area (Å²) in [4.78, 5) is 0. The molecule has 0 aromatic rings. The molecule has 0 aliphatic rings. The van der Waals surface area contributed by atoms with Gasteiger partial charge in [-0.3, -0.25) is 0 Å². The predicted molar refractivity (Wildman–Crippen MR) is 59.3 cm³/mol. The van der Waals surface area contributed by atoms with Crippen molar-refractivity contribution < 1.29 is 44.6 Å². The van der Waals surface area contributed by atoms with E-state index in [0.29, 0.717) is 0 Å². The first kappa shape index (κ1) is 19.8. The molecule has 0 unspecified atom stereocenters. The van der Waals surface area contributed by atoms with Crippen LogP contribution in [0.25, 0.3) is 0 Å². The SMILES string of the molecule is CC(C)(O)/C(I)=C\C(F)(F)C(F)(F)C(F)(F)C(F)(F)F. The summed E-state index contributed by atoms with van der Waals surface area (Å²) < 4.78 is 111. The van der Waals surface area contributed by atoms with Crippen molar-refractivity contribution in [2.75, 3.05) is 0 Å². The summed E-state index contributed by atoms with van der Waals surface area (Å²) >= 11 is 0.934. The number of allylic oxidation sites excluding steroid dienone is 1. The van der Waals surface area contributed by atoms with Gasteiger partial charge in [-0.05, 0) is 36.4 Å². The largest absolute Gasteiger partial charge is 0.460 e. The summed E-state index contributed by atoms with van der Waals surface area (Å²) in [6.45, 7) is 1.72. The van der Waals surface area contributed by atoms with Crippen molar-refractivity contribution in [2.24, 2.45) is 0 Å². The molecule has 0 aliphatic carbocycles. The summed E-state index contributed by atoms with van der Waals surface area (Å²) in [5.41, 5.74) is -2.10. The van der Waals surface area contributed by atoms with Crippen LogP contribution in [0.2, 0.25) is 0 Å². The monoisotopic (exact) mass is 430 g/mol. The first-order valence-corrected chi connectivity index (χ1v) is 5.77. The Morgan fingerprint density at radius 3 is 1.45 bits per heavy atom. The molecular weight excluding hydrogens is 422 g/mol. The molecule has 0 spiro atoms. The molecule has 20 heavy (non-hydrogen) atoms. The van der Waals surface area contributed by atoms with E-state index in [-0.39, 0.29) is 0 Å². The maximum atomic E-state index is 13.1. The van der Waals surface area contributed by atoms with Crippen molar-refractivity contribution >= 4 is 22.6 Å². The molecule has 0 aliphatic heterocycles. The average Bonchev–Trinajstić information content (AvgIpc) is 2.12. The minimum absolute atomic E-state index is 0.812. The Labute approximate surface area is 121 Å². The van der Waals surface area contributed by atoms with Gasteiger partial charge >= 0.3 is 23.9 Å². The van der Waals surface area contributed by atoms with E-state index in [0.717, 1.165) is 36.4 Å². The van der Waals surface area contributed by atoms with Crippen molar-refractivity contribution in [2.45, 2.75) is 43.4 Å². The molecule has 0 fully saturated rings. The standard InChI is InChI=1S/C9H8F9IO/c1-5(2,20)4(19)3-6(10,11)7(12,13)8(14,15)9(16,17)18/h3,20H,1-2H3/b4-3+. The molecule has 120 valence electrons. The smallest absolute Gasteiger partial charge is 0.385 e. The van der Waals surface area contributed by atoms with Gasteiger partial charge in [0, 0.05) is 9.66 Å². The molecule has 0 bridgehead atoms. The van der Waals surface area contributed by atoms with Crippen LogP contribution in [0.15, 0.2) is 9.66 Å². The van der Waals surface area contributed by atoms with Crippen molar-refractivity contribution in [3.8, 4) is 0 Å². The Kier molecular flexibility index (Phi) is 5.16. The topological polar surface area (TPSA) is 20.2 Å². The lowest BCUT2D eigenvalue weighted by Crippen LogP contribution is -2.60. The van der Waals surface area contributed by atoms with Gasteiger partial charge in [0.25, 0.3) is 0 Å². The predicted octanol–water partition coefficient (Wildman–Crippen LogP) is 4.54. The molecular formula is C9H8F9IO. The van der Waals surface area contributed by atoms with Gasteiger partial charge in [-0.15, -0.1) is 0 Å². The summed E-state index contributed by atoms with van der Waals surface area (Å²) in [5.74, 6) is -19.5. The van der Waals surface area contributed by atoms with Gasteiger partial charge in [0.2, 0.25) is 0 Å². The van der Waals surface area contributed by atoms with E-state index in [2.05, 4.69) is 0 Å². The lowest BCUT2D eigenvalue weighted by Gasteiger charge is -2.33. The van der Waals surface area contributed by atoms with E-state index in [9.17, 15) is 44.6 Å². The van der Waals surface area contributed by atoms with Crippen LogP contribution in [-0.4, -0.2) is 34.7 Å². The van der Waals surface area contributed by atoms with Crippen LogP contribution >= 0.6 is 22.6 Å². The fourth-order valence-corrected chi connectivity index (χ4v) is 1.20. The van der Waals surface area contributed by atoms with Crippen LogP contribution in [0.4, 0.5) is 39.5 Å². The number of hydrogen-bond acceptors (Lipinski definition) is 1. The lowest BCUT2D eigenvalue weighted by molar-refractivity contribution is -0.388. The molecule has 0 rings (SSSR count). The van der Waals surface area contributed by atoms with Gasteiger partial charge < -0.3 is 5.11 Å². The highest BCUT2D eigenvalue weighted by Gasteiger charge is 2.81. The minimum Gasteiger partial charge on any atom is -0.385 e. The summed E-state index contributed by atoms with van der Waals surface area (Å²) in [7, 11) is 0. The molecule has 0 aromatic carbocycles. The molecule has 1 N–H and O–H groups in total. The fourth-order valence-electron chi connectivity index (χ4n) is 0.814. The van der Waals surface area contributed by atoms with E-state index in [1.807, 2.05) is 0 Å². The van der Waals surface area contributed by atoms with Crippen LogP contribution in [0, 0.1) is 0 Å². The molecule has 1 nitrogen and oxygen atoms in total. The van der Waals surface area contributed by atoms with Gasteiger partial charge in [-0.1, -0.05) is 0 Å². The molecule has 0 heterocycles. The highest BCUT2D eigenvalue weighted by Crippen LogP contribution is 2.54. The van der Waals surface area contributed by atoms with E-state index in [4.69, 9.17) is 0 Å². The van der Waals surface area contributed by atoms with Gasteiger partial charge in [0.15, 0.2) is 0 Å². The number of hydrogen-bond donors (Lipinski definition) is 1. The number of halogens is 10. The Bertz CT molecular complexity index is 391. The van der Waals surface area contributed by atoms with E-state index in [1.165, 1.54) is 0 Å². The summed E-state index contributed by atoms with van der Waals surface area (Å²) in [6, 6.07) is 0. The van der Waals surface area contributed by atoms with Crippen LogP contribution in [0.1, 0.15) is 13.8 Å². The lowest BCUT2D eigenvalue weighted by atomic mass is 10.0. The van der Waals surface area contributed by atoms with E-state index < -0.39 is 39.2 Å². The Hall–Kier alpha value is -0.200. The first-order chi connectivity index (χ1) is 8.38. The quantitative estimate of drug-likeness (QED) is 0.513. The highest BCUT2D eigenvalue weighted by molar-refractivity contribution is 14.1. The molecule has 11 heteroatoms. The molecule has 0 saturated heterocycles. The van der Waals surface area contributed by atoms with Crippen molar-refractivity contribution in [3.05, 3.63) is 9.66 Å². The Morgan fingerprint density at radius 2 is 1.20 bits per heavy atom. The van der Waals surface area contributed by atoms with Crippen molar-refractivity contribution in [1.82, 2.24) is 0 Å². The van der Waals surface area contributed by atoms with Crippen LogP contribution in [0.5, 0.6) is 0 Å². The van der Waals surface area contributed by atoms with Crippen LogP contribution in [0.3, 0.4) is 0 Å². The zero-order chi connectivity index (χ0) is 16.8. The van der Waals surface area contributed by atoms with Gasteiger partial charge in [0.05, 0.1) is 5.60 Å². The minimum atomic E-state index is -6.93. The number of rotatable bonds is 4. The average molecular weight is 430 g/mol. The molecule has 0 aromatic heterocycles. The maximum absolute atomic E-state index is 13.1. The molecule has 0 saturated carbocycles. The fraction of sp³-hybridized carbons (Fsp3) is 0.778. The van der Waals surface area contributed by atoms with Crippen LogP contribution in [-0.2, 0) is 0 Å². The van der Waals surface area contributed by atoms with Crippen molar-refractivity contribution in [1.29, 1.82) is 0 Å². The van der Waals surface area contributed by atoms with Crippen molar-refractivity contribution in [3.63, 3.8) is 0 Å². The third kappa shape index (κ3) is 3.52. The highest BCUT2D eigenvalue weighted by atomic mass is 127. The zero-order valence-electron chi connectivity index (χ0n) is 9.80. The second kappa shape index (κ2) is 5.21. The third-order valence-corrected chi connectivity index (χ3v) is 3.69. The number of alkyl halides is 9. The third-order valence-electron chi connectivity index (χ3n) is 2.06. The maximum Gasteiger partial charge on any atom is 0.460 e. The Balaban J connectivity index is 5.84. The summed E-state index contributed by atoms with van der Waals surface area (Å²) in [5, 5.41) is 9.21.